The average molecular weight is 408 g/mol. The third kappa shape index (κ3) is 5.76. The molecule has 0 saturated carbocycles. The number of ether oxygens (including phenoxy) is 1. The van der Waals surface area contributed by atoms with Gasteiger partial charge in [-0.3, -0.25) is 0 Å². The second-order valence-electron chi connectivity index (χ2n) is 4.72. The number of hydrogen-bond acceptors (Lipinski definition) is 3. The first-order valence-corrected chi connectivity index (χ1v) is 9.44. The fourth-order valence-electron chi connectivity index (χ4n) is 1.50. The van der Waals surface area contributed by atoms with E-state index >= 15 is 0 Å². The molecular weight excluding hydrogens is 394 g/mol. The third-order valence-electron chi connectivity index (χ3n) is 2.78. The molecule has 114 valence electrons. The molecular formula is C12H14BrCl2FO3S. The smallest absolute Gasteiger partial charge is 0.233 e. The molecule has 0 amide bonds. The molecule has 1 aromatic rings. The zero-order chi connectivity index (χ0) is 15.5. The van der Waals surface area contributed by atoms with Crippen molar-refractivity contribution in [1.82, 2.24) is 0 Å². The van der Waals surface area contributed by atoms with Crippen LogP contribution in [0.15, 0.2) is 16.6 Å². The summed E-state index contributed by atoms with van der Waals surface area (Å²) in [6.45, 7) is 3.85. The van der Waals surface area contributed by atoms with E-state index in [0.29, 0.717) is 4.47 Å². The SMILES string of the molecule is CC(C)C(COc1cc(F)c(Cl)cc1Br)CS(=O)(=O)Cl. The lowest BCUT2D eigenvalue weighted by atomic mass is 9.99. The number of halogens is 4. The Balaban J connectivity index is 2.80. The minimum Gasteiger partial charge on any atom is -0.492 e. The van der Waals surface area contributed by atoms with Crippen molar-refractivity contribution in [2.24, 2.45) is 11.8 Å². The Labute approximate surface area is 136 Å². The first kappa shape index (κ1) is 18.0. The third-order valence-corrected chi connectivity index (χ3v) is 4.90. The predicted molar refractivity (Wildman–Crippen MR) is 82.6 cm³/mol. The van der Waals surface area contributed by atoms with Gasteiger partial charge in [0.25, 0.3) is 0 Å². The van der Waals surface area contributed by atoms with Gasteiger partial charge in [-0.25, -0.2) is 12.8 Å². The Bertz CT molecular complexity index is 578. The fourth-order valence-corrected chi connectivity index (χ4v) is 3.73. The summed E-state index contributed by atoms with van der Waals surface area (Å²) in [6.07, 6.45) is 0. The molecule has 0 N–H and O–H groups in total. The Morgan fingerprint density at radius 2 is 2.00 bits per heavy atom. The first-order chi connectivity index (χ1) is 9.10. The van der Waals surface area contributed by atoms with E-state index < -0.39 is 14.9 Å². The highest BCUT2D eigenvalue weighted by Crippen LogP contribution is 2.31. The van der Waals surface area contributed by atoms with E-state index in [1.165, 1.54) is 6.07 Å². The van der Waals surface area contributed by atoms with Gasteiger partial charge in [0.15, 0.2) is 0 Å². The summed E-state index contributed by atoms with van der Waals surface area (Å²) >= 11 is 8.84. The molecule has 20 heavy (non-hydrogen) atoms. The van der Waals surface area contributed by atoms with Crippen LogP contribution in [0.2, 0.25) is 5.02 Å². The summed E-state index contributed by atoms with van der Waals surface area (Å²) in [5.74, 6) is -0.761. The Morgan fingerprint density at radius 3 is 2.50 bits per heavy atom. The normalized spacial score (nSPS) is 13.6. The van der Waals surface area contributed by atoms with Crippen molar-refractivity contribution in [3.8, 4) is 5.75 Å². The fraction of sp³-hybridized carbons (Fsp3) is 0.500. The lowest BCUT2D eigenvalue weighted by Gasteiger charge is -2.20. The number of benzene rings is 1. The second-order valence-corrected chi connectivity index (χ2v) is 8.80. The summed E-state index contributed by atoms with van der Waals surface area (Å²) in [5, 5.41) is -0.0204. The molecule has 0 heterocycles. The van der Waals surface area contributed by atoms with E-state index in [0.717, 1.165) is 6.07 Å². The van der Waals surface area contributed by atoms with Crippen LogP contribution in [0.1, 0.15) is 13.8 Å². The summed E-state index contributed by atoms with van der Waals surface area (Å²) < 4.78 is 41.6. The van der Waals surface area contributed by atoms with Crippen molar-refractivity contribution >= 4 is 47.3 Å². The molecule has 1 aromatic carbocycles. The standard InChI is InChI=1S/C12H14BrCl2FO3S/c1-7(2)8(6-20(15,17)18)5-19-12-4-11(16)10(14)3-9(12)13/h3-4,7-8H,5-6H2,1-2H3. The van der Waals surface area contributed by atoms with Crippen molar-refractivity contribution in [2.45, 2.75) is 13.8 Å². The molecule has 0 bridgehead atoms. The number of rotatable bonds is 6. The highest BCUT2D eigenvalue weighted by Gasteiger charge is 2.22. The molecule has 0 spiro atoms. The quantitative estimate of drug-likeness (QED) is 0.516. The van der Waals surface area contributed by atoms with Gasteiger partial charge < -0.3 is 4.74 Å². The van der Waals surface area contributed by atoms with E-state index in [9.17, 15) is 12.8 Å². The van der Waals surface area contributed by atoms with Crippen LogP contribution in [0.3, 0.4) is 0 Å². The van der Waals surface area contributed by atoms with E-state index in [-0.39, 0.29) is 35.0 Å². The zero-order valence-corrected chi connectivity index (χ0v) is 14.8. The van der Waals surface area contributed by atoms with Crippen LogP contribution < -0.4 is 4.74 Å². The number of hydrogen-bond donors (Lipinski definition) is 0. The van der Waals surface area contributed by atoms with Crippen LogP contribution in [-0.4, -0.2) is 20.8 Å². The van der Waals surface area contributed by atoms with Crippen molar-refractivity contribution in [3.63, 3.8) is 0 Å². The van der Waals surface area contributed by atoms with Crippen LogP contribution in [0.4, 0.5) is 4.39 Å². The molecule has 1 unspecified atom stereocenters. The topological polar surface area (TPSA) is 43.4 Å². The van der Waals surface area contributed by atoms with Crippen molar-refractivity contribution in [1.29, 1.82) is 0 Å². The predicted octanol–water partition coefficient (Wildman–Crippen LogP) is 4.46. The molecule has 8 heteroatoms. The largest absolute Gasteiger partial charge is 0.492 e. The molecule has 0 saturated heterocycles. The first-order valence-electron chi connectivity index (χ1n) is 5.80. The molecule has 0 fully saturated rings. The average Bonchev–Trinajstić information content (AvgIpc) is 2.28. The van der Waals surface area contributed by atoms with Gasteiger partial charge in [0.2, 0.25) is 9.05 Å². The Morgan fingerprint density at radius 1 is 1.40 bits per heavy atom. The van der Waals surface area contributed by atoms with Crippen LogP contribution in [0.25, 0.3) is 0 Å². The second kappa shape index (κ2) is 7.29. The van der Waals surface area contributed by atoms with Crippen molar-refractivity contribution in [2.75, 3.05) is 12.4 Å². The van der Waals surface area contributed by atoms with Crippen LogP contribution in [-0.2, 0) is 9.05 Å². The monoisotopic (exact) mass is 406 g/mol. The lowest BCUT2D eigenvalue weighted by Crippen LogP contribution is -2.24. The molecule has 1 atom stereocenters. The molecule has 0 aromatic heterocycles. The molecule has 1 rings (SSSR count). The minimum atomic E-state index is -3.61. The van der Waals surface area contributed by atoms with Crippen LogP contribution in [0, 0.1) is 17.7 Å². The lowest BCUT2D eigenvalue weighted by molar-refractivity contribution is 0.223. The van der Waals surface area contributed by atoms with Crippen molar-refractivity contribution in [3.05, 3.63) is 27.4 Å². The van der Waals surface area contributed by atoms with E-state index in [1.807, 2.05) is 13.8 Å². The maximum Gasteiger partial charge on any atom is 0.233 e. The maximum absolute atomic E-state index is 13.4. The molecule has 0 aliphatic rings. The van der Waals surface area contributed by atoms with E-state index in [4.69, 9.17) is 27.0 Å². The van der Waals surface area contributed by atoms with Gasteiger partial charge in [-0.05, 0) is 27.9 Å². The highest BCUT2D eigenvalue weighted by atomic mass is 79.9. The van der Waals surface area contributed by atoms with Gasteiger partial charge in [-0.2, -0.15) is 0 Å². The van der Waals surface area contributed by atoms with Gasteiger partial charge in [-0.1, -0.05) is 25.4 Å². The van der Waals surface area contributed by atoms with Crippen LogP contribution in [0.5, 0.6) is 5.75 Å². The van der Waals surface area contributed by atoms with Gasteiger partial charge in [-0.15, -0.1) is 0 Å². The summed E-state index contributed by atoms with van der Waals surface area (Å²) in [4.78, 5) is 0. The summed E-state index contributed by atoms with van der Waals surface area (Å²) in [7, 11) is 1.65. The highest BCUT2D eigenvalue weighted by molar-refractivity contribution is 9.10. The molecule has 0 radical (unpaired) electrons. The van der Waals surface area contributed by atoms with Gasteiger partial charge in [0.1, 0.15) is 11.6 Å². The van der Waals surface area contributed by atoms with Crippen molar-refractivity contribution < 1.29 is 17.5 Å². The van der Waals surface area contributed by atoms with E-state index in [2.05, 4.69) is 15.9 Å². The molecule has 0 aliphatic carbocycles. The Kier molecular flexibility index (Phi) is 6.57. The molecule has 0 aliphatic heterocycles. The van der Waals surface area contributed by atoms with Gasteiger partial charge in [0.05, 0.1) is 21.9 Å². The zero-order valence-electron chi connectivity index (χ0n) is 10.9. The van der Waals surface area contributed by atoms with Gasteiger partial charge >= 0.3 is 0 Å². The summed E-state index contributed by atoms with van der Waals surface area (Å²) in [5.41, 5.74) is 0. The van der Waals surface area contributed by atoms with Gasteiger partial charge in [0, 0.05) is 22.7 Å². The summed E-state index contributed by atoms with van der Waals surface area (Å²) in [6, 6.07) is 2.54. The van der Waals surface area contributed by atoms with Crippen LogP contribution >= 0.6 is 38.2 Å². The van der Waals surface area contributed by atoms with E-state index in [1.54, 1.807) is 0 Å². The Hall–Kier alpha value is -0.0400. The minimum absolute atomic E-state index is 0.0204. The maximum atomic E-state index is 13.4. The molecule has 3 nitrogen and oxygen atoms in total.